The van der Waals surface area contributed by atoms with Crippen molar-refractivity contribution in [3.05, 3.63) is 113 Å². The van der Waals surface area contributed by atoms with Gasteiger partial charge in [-0.25, -0.2) is 8.42 Å². The molecule has 0 spiro atoms. The molecule has 0 aromatic heterocycles. The van der Waals surface area contributed by atoms with Crippen molar-refractivity contribution in [3.63, 3.8) is 0 Å². The van der Waals surface area contributed by atoms with Crippen molar-refractivity contribution in [2.45, 2.75) is 57.6 Å². The Kier molecular flexibility index (Phi) is 12.3. The Labute approximate surface area is 289 Å². The lowest BCUT2D eigenvalue weighted by atomic mass is 10.0. The van der Waals surface area contributed by atoms with E-state index in [1.807, 2.05) is 70.2 Å². The van der Waals surface area contributed by atoms with Gasteiger partial charge in [-0.15, -0.1) is 0 Å². The Morgan fingerprint density at radius 3 is 2.02 bits per heavy atom. The zero-order valence-electron chi connectivity index (χ0n) is 29.1. The van der Waals surface area contributed by atoms with Gasteiger partial charge in [0.2, 0.25) is 11.8 Å². The molecule has 0 unspecified atom stereocenters. The number of hydrogen-bond acceptors (Lipinski definition) is 7. The number of methoxy groups -OCH3 is 3. The lowest BCUT2D eigenvalue weighted by Gasteiger charge is -2.34. The predicted octanol–water partition coefficient (Wildman–Crippen LogP) is 5.69. The minimum absolute atomic E-state index is 0.0239. The first-order chi connectivity index (χ1) is 23.4. The molecule has 4 aromatic rings. The standard InChI is InChI=1S/C38H45N3O7S/c1-26(2)39-38(43)34(22-29-12-9-8-10-13-29)40(24-30-14-11-15-32(21-30)46-5)37(42)25-41(31-19-27(3)18-28(4)20-31)49(44,45)33-16-17-35(47-6)36(23-33)48-7/h8-21,23,26,34H,22,24-25H2,1-7H3,(H,39,43)/t34-/m1/s1. The van der Waals surface area contributed by atoms with Gasteiger partial charge in [0, 0.05) is 25.1 Å². The van der Waals surface area contributed by atoms with Crippen molar-refractivity contribution in [1.82, 2.24) is 10.2 Å². The minimum Gasteiger partial charge on any atom is -0.497 e. The minimum atomic E-state index is -4.35. The first-order valence-electron chi connectivity index (χ1n) is 16.0. The van der Waals surface area contributed by atoms with Crippen molar-refractivity contribution < 1.29 is 32.2 Å². The highest BCUT2D eigenvalue weighted by Gasteiger charge is 2.35. The number of sulfonamides is 1. The Hall–Kier alpha value is -5.03. The summed E-state index contributed by atoms with van der Waals surface area (Å²) in [5.74, 6) is 0.258. The molecule has 1 atom stereocenters. The van der Waals surface area contributed by atoms with E-state index in [0.29, 0.717) is 22.7 Å². The fraction of sp³-hybridized carbons (Fsp3) is 0.316. The van der Waals surface area contributed by atoms with Crippen LogP contribution in [0.2, 0.25) is 0 Å². The third-order valence-electron chi connectivity index (χ3n) is 7.91. The van der Waals surface area contributed by atoms with Crippen molar-refractivity contribution >= 4 is 27.5 Å². The molecule has 260 valence electrons. The van der Waals surface area contributed by atoms with Crippen LogP contribution in [0, 0.1) is 13.8 Å². The Bertz CT molecular complexity index is 1840. The maximum atomic E-state index is 14.7. The van der Waals surface area contributed by atoms with Crippen LogP contribution < -0.4 is 23.8 Å². The Morgan fingerprint density at radius 1 is 0.755 bits per heavy atom. The zero-order valence-corrected chi connectivity index (χ0v) is 29.9. The van der Waals surface area contributed by atoms with Crippen LogP contribution in [-0.2, 0) is 32.6 Å². The lowest BCUT2D eigenvalue weighted by Crippen LogP contribution is -2.54. The molecule has 0 saturated carbocycles. The smallest absolute Gasteiger partial charge is 0.264 e. The van der Waals surface area contributed by atoms with Crippen LogP contribution >= 0.6 is 0 Å². The molecule has 0 aliphatic rings. The monoisotopic (exact) mass is 687 g/mol. The number of anilines is 1. The molecular formula is C38H45N3O7S. The Morgan fingerprint density at radius 2 is 1.41 bits per heavy atom. The molecule has 0 aliphatic heterocycles. The molecular weight excluding hydrogens is 642 g/mol. The lowest BCUT2D eigenvalue weighted by molar-refractivity contribution is -0.140. The topological polar surface area (TPSA) is 114 Å². The predicted molar refractivity (Wildman–Crippen MR) is 191 cm³/mol. The first-order valence-corrected chi connectivity index (χ1v) is 17.4. The molecule has 0 heterocycles. The molecule has 4 rings (SSSR count). The first kappa shape index (κ1) is 36.8. The third kappa shape index (κ3) is 9.32. The summed E-state index contributed by atoms with van der Waals surface area (Å²) in [7, 11) is 0.0859. The Balaban J connectivity index is 1.86. The molecule has 0 fully saturated rings. The van der Waals surface area contributed by atoms with Gasteiger partial charge in [0.05, 0.1) is 31.9 Å². The number of carbonyl (C=O) groups is 2. The maximum absolute atomic E-state index is 14.7. The summed E-state index contributed by atoms with van der Waals surface area (Å²) in [6.45, 7) is 6.87. The second kappa shape index (κ2) is 16.4. The molecule has 49 heavy (non-hydrogen) atoms. The normalized spacial score (nSPS) is 11.8. The second-order valence-electron chi connectivity index (χ2n) is 12.1. The summed E-state index contributed by atoms with van der Waals surface area (Å²) in [5.41, 5.74) is 3.51. The molecule has 0 saturated heterocycles. The van der Waals surface area contributed by atoms with E-state index in [0.717, 1.165) is 21.0 Å². The number of aryl methyl sites for hydroxylation is 2. The van der Waals surface area contributed by atoms with E-state index in [2.05, 4.69) is 5.32 Å². The van der Waals surface area contributed by atoms with Crippen molar-refractivity contribution in [3.8, 4) is 17.2 Å². The van der Waals surface area contributed by atoms with Crippen LogP contribution in [0.4, 0.5) is 5.69 Å². The number of amides is 2. The van der Waals surface area contributed by atoms with E-state index < -0.39 is 28.5 Å². The third-order valence-corrected chi connectivity index (χ3v) is 9.68. The molecule has 1 N–H and O–H groups in total. The second-order valence-corrected chi connectivity index (χ2v) is 14.0. The van der Waals surface area contributed by atoms with Gasteiger partial charge in [-0.05, 0) is 86.3 Å². The van der Waals surface area contributed by atoms with Crippen molar-refractivity contribution in [1.29, 1.82) is 0 Å². The zero-order chi connectivity index (χ0) is 35.7. The largest absolute Gasteiger partial charge is 0.497 e. The molecule has 10 nitrogen and oxygen atoms in total. The quantitative estimate of drug-likeness (QED) is 0.171. The number of carbonyl (C=O) groups excluding carboxylic acids is 2. The molecule has 4 aromatic carbocycles. The van der Waals surface area contributed by atoms with Crippen LogP contribution in [0.15, 0.2) is 95.9 Å². The molecule has 2 amide bonds. The average molecular weight is 688 g/mol. The fourth-order valence-corrected chi connectivity index (χ4v) is 7.04. The van der Waals surface area contributed by atoms with E-state index in [1.165, 1.54) is 37.3 Å². The number of ether oxygens (including phenoxy) is 3. The molecule has 11 heteroatoms. The number of rotatable bonds is 15. The molecule has 0 aliphatic carbocycles. The summed E-state index contributed by atoms with van der Waals surface area (Å²) in [5, 5.41) is 2.97. The van der Waals surface area contributed by atoms with Crippen LogP contribution in [0.25, 0.3) is 0 Å². The van der Waals surface area contributed by atoms with Crippen LogP contribution in [0.1, 0.15) is 36.1 Å². The van der Waals surface area contributed by atoms with Gasteiger partial charge in [0.1, 0.15) is 18.3 Å². The van der Waals surface area contributed by atoms with E-state index in [1.54, 1.807) is 37.4 Å². The van der Waals surface area contributed by atoms with Gasteiger partial charge < -0.3 is 24.4 Å². The number of benzene rings is 4. The highest BCUT2D eigenvalue weighted by molar-refractivity contribution is 7.92. The van der Waals surface area contributed by atoms with Gasteiger partial charge >= 0.3 is 0 Å². The van der Waals surface area contributed by atoms with Crippen LogP contribution in [0.5, 0.6) is 17.2 Å². The van der Waals surface area contributed by atoms with Crippen molar-refractivity contribution in [2.24, 2.45) is 0 Å². The SMILES string of the molecule is COc1cccc(CN(C(=O)CN(c2cc(C)cc(C)c2)S(=O)(=O)c2ccc(OC)c(OC)c2)[C@H](Cc2ccccc2)C(=O)NC(C)C)c1. The molecule has 0 radical (unpaired) electrons. The highest BCUT2D eigenvalue weighted by Crippen LogP contribution is 2.33. The summed E-state index contributed by atoms with van der Waals surface area (Å²) < 4.78 is 46.3. The fourth-order valence-electron chi connectivity index (χ4n) is 5.63. The van der Waals surface area contributed by atoms with E-state index in [4.69, 9.17) is 14.2 Å². The average Bonchev–Trinajstić information content (AvgIpc) is 3.07. The summed E-state index contributed by atoms with van der Waals surface area (Å²) >= 11 is 0. The summed E-state index contributed by atoms with van der Waals surface area (Å²) in [4.78, 5) is 30.0. The van der Waals surface area contributed by atoms with Crippen LogP contribution in [0.3, 0.4) is 0 Å². The van der Waals surface area contributed by atoms with Crippen molar-refractivity contribution in [2.75, 3.05) is 32.2 Å². The van der Waals surface area contributed by atoms with E-state index >= 15 is 0 Å². The summed E-state index contributed by atoms with van der Waals surface area (Å²) in [6, 6.07) is 25.1. The van der Waals surface area contributed by atoms with Crippen LogP contribution in [-0.4, -0.2) is 65.1 Å². The number of nitrogens with zero attached hydrogens (tertiary/aromatic N) is 2. The number of hydrogen-bond donors (Lipinski definition) is 1. The van der Waals surface area contributed by atoms with E-state index in [9.17, 15) is 18.0 Å². The van der Waals surface area contributed by atoms with Gasteiger partial charge in [-0.3, -0.25) is 13.9 Å². The van der Waals surface area contributed by atoms with Gasteiger partial charge in [0.15, 0.2) is 11.5 Å². The molecule has 0 bridgehead atoms. The number of nitrogens with one attached hydrogen (secondary N) is 1. The maximum Gasteiger partial charge on any atom is 0.264 e. The van der Waals surface area contributed by atoms with Gasteiger partial charge in [0.25, 0.3) is 10.0 Å². The van der Waals surface area contributed by atoms with E-state index in [-0.39, 0.29) is 35.6 Å². The van der Waals surface area contributed by atoms with Gasteiger partial charge in [-0.1, -0.05) is 48.5 Å². The summed E-state index contributed by atoms with van der Waals surface area (Å²) in [6.07, 6.45) is 0.209. The highest BCUT2D eigenvalue weighted by atomic mass is 32.2. The van der Waals surface area contributed by atoms with Gasteiger partial charge in [-0.2, -0.15) is 0 Å².